The van der Waals surface area contributed by atoms with Crippen molar-refractivity contribution in [1.29, 1.82) is 0 Å². The van der Waals surface area contributed by atoms with Crippen molar-refractivity contribution in [3.05, 3.63) is 57.1 Å². The van der Waals surface area contributed by atoms with Gasteiger partial charge in [-0.2, -0.15) is 0 Å². The standard InChI is InChI=1S/C21H24N4O3S/c1-13-5-10-16(21(27)25(13)2)18(26)22-12-14-6-8-15(9-7-14)19-23-24-20(28-19)17-4-3-11-29-17/h3-5,10-11,14-15H,6-9,12H2,1-2H3,(H,22,26). The largest absolute Gasteiger partial charge is 0.420 e. The van der Waals surface area contributed by atoms with Crippen LogP contribution in [0, 0.1) is 12.8 Å². The summed E-state index contributed by atoms with van der Waals surface area (Å²) in [4.78, 5) is 25.7. The number of pyridine rings is 1. The Labute approximate surface area is 172 Å². The van der Waals surface area contributed by atoms with E-state index in [2.05, 4.69) is 15.5 Å². The summed E-state index contributed by atoms with van der Waals surface area (Å²) in [5.74, 6) is 1.66. The first-order valence-corrected chi connectivity index (χ1v) is 10.7. The average molecular weight is 413 g/mol. The first-order valence-electron chi connectivity index (χ1n) is 9.85. The SMILES string of the molecule is Cc1ccc(C(=O)NCC2CCC(c3nnc(-c4cccs4)o3)CC2)c(=O)n1C. The van der Waals surface area contributed by atoms with Gasteiger partial charge in [0.1, 0.15) is 5.56 Å². The molecule has 4 rings (SSSR count). The van der Waals surface area contributed by atoms with Crippen LogP contribution in [-0.2, 0) is 7.05 Å². The maximum absolute atomic E-state index is 12.4. The van der Waals surface area contributed by atoms with Gasteiger partial charge < -0.3 is 14.3 Å². The quantitative estimate of drug-likeness (QED) is 0.693. The second-order valence-corrected chi connectivity index (χ2v) is 8.55. The van der Waals surface area contributed by atoms with E-state index in [1.807, 2.05) is 24.4 Å². The molecule has 1 aliphatic carbocycles. The van der Waals surface area contributed by atoms with Crippen LogP contribution in [0.1, 0.15) is 53.5 Å². The number of thiophene rings is 1. The molecular formula is C21H24N4O3S. The summed E-state index contributed by atoms with van der Waals surface area (Å²) in [6, 6.07) is 7.33. The average Bonchev–Trinajstić information content (AvgIpc) is 3.42. The molecule has 0 radical (unpaired) electrons. The third-order valence-corrected chi connectivity index (χ3v) is 6.58. The molecule has 3 aromatic rings. The maximum atomic E-state index is 12.4. The van der Waals surface area contributed by atoms with Crippen molar-refractivity contribution in [2.24, 2.45) is 13.0 Å². The summed E-state index contributed by atoms with van der Waals surface area (Å²) < 4.78 is 7.37. The van der Waals surface area contributed by atoms with Gasteiger partial charge in [-0.1, -0.05) is 6.07 Å². The van der Waals surface area contributed by atoms with Crippen LogP contribution in [0.15, 0.2) is 38.9 Å². The summed E-state index contributed by atoms with van der Waals surface area (Å²) in [5, 5.41) is 13.3. The van der Waals surface area contributed by atoms with Crippen LogP contribution < -0.4 is 10.9 Å². The Morgan fingerprint density at radius 2 is 2.03 bits per heavy atom. The van der Waals surface area contributed by atoms with Crippen LogP contribution in [0.2, 0.25) is 0 Å². The number of hydrogen-bond acceptors (Lipinski definition) is 6. The molecule has 1 amide bonds. The molecule has 0 aliphatic heterocycles. The summed E-state index contributed by atoms with van der Waals surface area (Å²) >= 11 is 1.59. The van der Waals surface area contributed by atoms with E-state index in [-0.39, 0.29) is 22.9 Å². The number of aryl methyl sites for hydroxylation is 1. The first kappa shape index (κ1) is 19.6. The van der Waals surface area contributed by atoms with Gasteiger partial charge in [-0.25, -0.2) is 0 Å². The number of hydrogen-bond donors (Lipinski definition) is 1. The van der Waals surface area contributed by atoms with Gasteiger partial charge in [-0.3, -0.25) is 9.59 Å². The van der Waals surface area contributed by atoms with Gasteiger partial charge in [0, 0.05) is 25.2 Å². The highest BCUT2D eigenvalue weighted by atomic mass is 32.1. The van der Waals surface area contributed by atoms with E-state index >= 15 is 0 Å². The fraction of sp³-hybridized carbons (Fsp3) is 0.429. The highest BCUT2D eigenvalue weighted by Gasteiger charge is 2.27. The lowest BCUT2D eigenvalue weighted by atomic mass is 9.82. The molecule has 1 N–H and O–H groups in total. The summed E-state index contributed by atoms with van der Waals surface area (Å²) in [6.45, 7) is 2.42. The molecule has 1 saturated carbocycles. The molecule has 0 unspecified atom stereocenters. The molecule has 3 aromatic heterocycles. The van der Waals surface area contributed by atoms with E-state index in [1.165, 1.54) is 4.57 Å². The molecule has 0 atom stereocenters. The smallest absolute Gasteiger partial charge is 0.263 e. The van der Waals surface area contributed by atoms with Gasteiger partial charge in [0.15, 0.2) is 0 Å². The van der Waals surface area contributed by atoms with Crippen molar-refractivity contribution in [3.63, 3.8) is 0 Å². The fourth-order valence-corrected chi connectivity index (χ4v) is 4.39. The molecule has 0 bridgehead atoms. The predicted molar refractivity (Wildman–Crippen MR) is 111 cm³/mol. The minimum Gasteiger partial charge on any atom is -0.420 e. The van der Waals surface area contributed by atoms with Gasteiger partial charge in [0.05, 0.1) is 4.88 Å². The van der Waals surface area contributed by atoms with Crippen LogP contribution in [0.3, 0.4) is 0 Å². The van der Waals surface area contributed by atoms with Gasteiger partial charge in [-0.15, -0.1) is 21.5 Å². The van der Waals surface area contributed by atoms with Crippen molar-refractivity contribution in [3.8, 4) is 10.8 Å². The summed E-state index contributed by atoms with van der Waals surface area (Å²) in [6.07, 6.45) is 3.87. The third-order valence-electron chi connectivity index (χ3n) is 5.72. The Hall–Kier alpha value is -2.74. The number of carbonyl (C=O) groups excluding carboxylic acids is 1. The molecule has 3 heterocycles. The highest BCUT2D eigenvalue weighted by molar-refractivity contribution is 7.13. The Morgan fingerprint density at radius 1 is 1.24 bits per heavy atom. The normalized spacial score (nSPS) is 19.2. The monoisotopic (exact) mass is 412 g/mol. The zero-order valence-electron chi connectivity index (χ0n) is 16.6. The fourth-order valence-electron chi connectivity index (χ4n) is 3.75. The Balaban J connectivity index is 1.30. The van der Waals surface area contributed by atoms with E-state index in [1.54, 1.807) is 30.5 Å². The minimum absolute atomic E-state index is 0.193. The number of nitrogens with one attached hydrogen (secondary N) is 1. The molecular weight excluding hydrogens is 388 g/mol. The van der Waals surface area contributed by atoms with Crippen molar-refractivity contribution < 1.29 is 9.21 Å². The molecule has 7 nitrogen and oxygen atoms in total. The second kappa shape index (κ2) is 8.32. The number of rotatable bonds is 5. The molecule has 1 aliphatic rings. The predicted octanol–water partition coefficient (Wildman–Crippen LogP) is 3.51. The molecule has 152 valence electrons. The first-order chi connectivity index (χ1) is 14.0. The summed E-state index contributed by atoms with van der Waals surface area (Å²) in [7, 11) is 1.68. The number of carbonyl (C=O) groups is 1. The number of amides is 1. The van der Waals surface area contributed by atoms with Crippen LogP contribution in [0.25, 0.3) is 10.8 Å². The van der Waals surface area contributed by atoms with Gasteiger partial charge in [0.2, 0.25) is 5.89 Å². The van der Waals surface area contributed by atoms with Crippen LogP contribution >= 0.6 is 11.3 Å². The third kappa shape index (κ3) is 4.17. The highest BCUT2D eigenvalue weighted by Crippen LogP contribution is 2.36. The van der Waals surface area contributed by atoms with E-state index in [4.69, 9.17) is 4.42 Å². The second-order valence-electron chi connectivity index (χ2n) is 7.60. The lowest BCUT2D eigenvalue weighted by molar-refractivity contribution is 0.0940. The van der Waals surface area contributed by atoms with E-state index < -0.39 is 0 Å². The van der Waals surface area contributed by atoms with Gasteiger partial charge >= 0.3 is 0 Å². The van der Waals surface area contributed by atoms with E-state index in [0.717, 1.165) is 36.3 Å². The number of aromatic nitrogens is 3. The zero-order valence-corrected chi connectivity index (χ0v) is 17.4. The lowest BCUT2D eigenvalue weighted by Crippen LogP contribution is -2.36. The molecule has 0 aromatic carbocycles. The molecule has 1 fully saturated rings. The van der Waals surface area contributed by atoms with Crippen LogP contribution in [0.5, 0.6) is 0 Å². The lowest BCUT2D eigenvalue weighted by Gasteiger charge is -2.26. The van der Waals surface area contributed by atoms with Crippen molar-refractivity contribution in [2.75, 3.05) is 6.54 Å². The van der Waals surface area contributed by atoms with Crippen LogP contribution in [0.4, 0.5) is 0 Å². The number of nitrogens with zero attached hydrogens (tertiary/aromatic N) is 3. The zero-order chi connectivity index (χ0) is 20.4. The molecule has 0 saturated heterocycles. The van der Waals surface area contributed by atoms with Crippen molar-refractivity contribution in [1.82, 2.24) is 20.1 Å². The maximum Gasteiger partial charge on any atom is 0.263 e. The molecule has 8 heteroatoms. The molecule has 29 heavy (non-hydrogen) atoms. The van der Waals surface area contributed by atoms with E-state index in [0.29, 0.717) is 24.2 Å². The Kier molecular flexibility index (Phi) is 5.62. The van der Waals surface area contributed by atoms with Crippen LogP contribution in [-0.4, -0.2) is 27.2 Å². The van der Waals surface area contributed by atoms with Crippen molar-refractivity contribution in [2.45, 2.75) is 38.5 Å². The Bertz CT molecular complexity index is 1050. The minimum atomic E-state index is -0.301. The van der Waals surface area contributed by atoms with Crippen molar-refractivity contribution >= 4 is 17.2 Å². The Morgan fingerprint density at radius 3 is 2.76 bits per heavy atom. The van der Waals surface area contributed by atoms with Gasteiger partial charge in [0.25, 0.3) is 17.4 Å². The molecule has 0 spiro atoms. The topological polar surface area (TPSA) is 90.0 Å². The summed E-state index contributed by atoms with van der Waals surface area (Å²) in [5.41, 5.74) is 0.760. The van der Waals surface area contributed by atoms with E-state index in [9.17, 15) is 9.59 Å². The van der Waals surface area contributed by atoms with Gasteiger partial charge in [-0.05, 0) is 62.1 Å².